The zero-order valence-electron chi connectivity index (χ0n) is 10.8. The normalized spacial score (nSPS) is 12.3. The highest BCUT2D eigenvalue weighted by Gasteiger charge is 2.14. The van der Waals surface area contributed by atoms with Crippen molar-refractivity contribution in [3.05, 3.63) is 36.5 Å². The van der Waals surface area contributed by atoms with Gasteiger partial charge < -0.3 is 11.1 Å². The maximum Gasteiger partial charge on any atom is 0.241 e. The third kappa shape index (κ3) is 3.45. The molecule has 19 heavy (non-hydrogen) atoms. The molecular formula is C14H17N3OS. The minimum absolute atomic E-state index is 0.148. The number of benzene rings is 1. The van der Waals surface area contributed by atoms with Crippen LogP contribution >= 0.6 is 11.8 Å². The number of nitrogens with zero attached hydrogens (tertiary/aromatic N) is 1. The molecule has 0 unspecified atom stereocenters. The molecule has 4 nitrogen and oxygen atoms in total. The van der Waals surface area contributed by atoms with Gasteiger partial charge in [0.1, 0.15) is 0 Å². The van der Waals surface area contributed by atoms with Gasteiger partial charge in [-0.15, -0.1) is 0 Å². The molecule has 0 spiro atoms. The average Bonchev–Trinajstić information content (AvgIpc) is 2.45. The molecule has 1 heterocycles. The Bertz CT molecular complexity index is 568. The summed E-state index contributed by atoms with van der Waals surface area (Å²) in [5, 5.41) is 3.81. The van der Waals surface area contributed by atoms with E-state index < -0.39 is 6.04 Å². The van der Waals surface area contributed by atoms with Crippen LogP contribution in [-0.2, 0) is 4.79 Å². The van der Waals surface area contributed by atoms with E-state index in [1.165, 1.54) is 0 Å². The van der Waals surface area contributed by atoms with Crippen LogP contribution in [0, 0.1) is 0 Å². The van der Waals surface area contributed by atoms with Gasteiger partial charge in [-0.3, -0.25) is 9.78 Å². The monoisotopic (exact) mass is 275 g/mol. The minimum atomic E-state index is -0.473. The zero-order valence-corrected chi connectivity index (χ0v) is 11.6. The van der Waals surface area contributed by atoms with Gasteiger partial charge in [0.25, 0.3) is 0 Å². The predicted molar refractivity (Wildman–Crippen MR) is 81.3 cm³/mol. The number of amides is 1. The first-order valence-electron chi connectivity index (χ1n) is 6.11. The van der Waals surface area contributed by atoms with Gasteiger partial charge in [-0.25, -0.2) is 0 Å². The number of rotatable bonds is 5. The fourth-order valence-electron chi connectivity index (χ4n) is 1.81. The van der Waals surface area contributed by atoms with E-state index in [1.54, 1.807) is 18.0 Å². The Morgan fingerprint density at radius 2 is 2.26 bits per heavy atom. The average molecular weight is 275 g/mol. The molecule has 1 amide bonds. The van der Waals surface area contributed by atoms with Crippen molar-refractivity contribution in [3.63, 3.8) is 0 Å². The van der Waals surface area contributed by atoms with Gasteiger partial charge in [0.2, 0.25) is 5.91 Å². The summed E-state index contributed by atoms with van der Waals surface area (Å²) in [6.45, 7) is 0. The van der Waals surface area contributed by atoms with Crippen LogP contribution in [-0.4, -0.2) is 28.9 Å². The van der Waals surface area contributed by atoms with E-state index in [4.69, 9.17) is 5.73 Å². The van der Waals surface area contributed by atoms with Crippen molar-refractivity contribution >= 4 is 34.3 Å². The van der Waals surface area contributed by atoms with Gasteiger partial charge in [0.05, 0.1) is 17.2 Å². The molecule has 0 bridgehead atoms. The summed E-state index contributed by atoms with van der Waals surface area (Å²) in [5.74, 6) is 0.733. The Morgan fingerprint density at radius 1 is 1.42 bits per heavy atom. The fraction of sp³-hybridized carbons (Fsp3) is 0.286. The van der Waals surface area contributed by atoms with Gasteiger partial charge in [0, 0.05) is 11.6 Å². The van der Waals surface area contributed by atoms with Crippen molar-refractivity contribution in [1.82, 2.24) is 4.98 Å². The largest absolute Gasteiger partial charge is 0.324 e. The zero-order chi connectivity index (χ0) is 13.7. The Hall–Kier alpha value is -1.59. The van der Waals surface area contributed by atoms with Crippen LogP contribution in [0.4, 0.5) is 5.69 Å². The quantitative estimate of drug-likeness (QED) is 0.878. The van der Waals surface area contributed by atoms with Crippen LogP contribution in [0.1, 0.15) is 6.42 Å². The summed E-state index contributed by atoms with van der Waals surface area (Å²) in [6.07, 6.45) is 4.41. The van der Waals surface area contributed by atoms with Crippen molar-refractivity contribution in [3.8, 4) is 0 Å². The van der Waals surface area contributed by atoms with E-state index in [-0.39, 0.29) is 5.91 Å². The smallest absolute Gasteiger partial charge is 0.241 e. The topological polar surface area (TPSA) is 68.0 Å². The molecule has 0 aliphatic rings. The van der Waals surface area contributed by atoms with Crippen LogP contribution in [0.2, 0.25) is 0 Å². The number of thioether (sulfide) groups is 1. The lowest BCUT2D eigenvalue weighted by atomic mass is 10.1. The number of carbonyl (C=O) groups is 1. The summed E-state index contributed by atoms with van der Waals surface area (Å²) in [7, 11) is 0. The highest BCUT2D eigenvalue weighted by Crippen LogP contribution is 2.21. The predicted octanol–water partition coefficient (Wildman–Crippen LogP) is 2.25. The number of nitrogens with one attached hydrogen (secondary N) is 1. The van der Waals surface area contributed by atoms with Gasteiger partial charge in [-0.1, -0.05) is 6.07 Å². The van der Waals surface area contributed by atoms with Crippen molar-refractivity contribution in [2.24, 2.45) is 5.73 Å². The second kappa shape index (κ2) is 6.54. The number of hydrogen-bond acceptors (Lipinski definition) is 4. The molecule has 0 saturated carbocycles. The van der Waals surface area contributed by atoms with Gasteiger partial charge in [-0.2, -0.15) is 11.8 Å². The Balaban J connectivity index is 2.15. The van der Waals surface area contributed by atoms with E-state index in [9.17, 15) is 4.79 Å². The lowest BCUT2D eigenvalue weighted by Crippen LogP contribution is -2.36. The van der Waals surface area contributed by atoms with Crippen molar-refractivity contribution in [2.45, 2.75) is 12.5 Å². The number of carbonyl (C=O) groups excluding carboxylic acids is 1. The number of aromatic nitrogens is 1. The molecule has 0 radical (unpaired) electrons. The SMILES string of the molecule is CSCC[C@@H](N)C(=O)Nc1cccc2ncccc12. The van der Waals surface area contributed by atoms with Crippen LogP contribution in [0.5, 0.6) is 0 Å². The standard InChI is InChI=1S/C14H17N3OS/c1-19-9-7-11(15)14(18)17-13-6-2-5-12-10(13)4-3-8-16-12/h2-6,8,11H,7,9,15H2,1H3,(H,17,18)/t11-/m1/s1. The van der Waals surface area contributed by atoms with Crippen molar-refractivity contribution < 1.29 is 4.79 Å². The van der Waals surface area contributed by atoms with E-state index in [1.807, 2.05) is 36.6 Å². The maximum atomic E-state index is 12.0. The summed E-state index contributed by atoms with van der Waals surface area (Å²) >= 11 is 1.69. The van der Waals surface area contributed by atoms with E-state index >= 15 is 0 Å². The molecule has 2 aromatic rings. The number of nitrogens with two attached hydrogens (primary N) is 1. The first-order chi connectivity index (χ1) is 9.22. The van der Waals surface area contributed by atoms with E-state index in [2.05, 4.69) is 10.3 Å². The molecule has 3 N–H and O–H groups in total. The number of hydrogen-bond donors (Lipinski definition) is 2. The van der Waals surface area contributed by atoms with Crippen LogP contribution < -0.4 is 11.1 Å². The second-order valence-corrected chi connectivity index (χ2v) is 5.24. The highest BCUT2D eigenvalue weighted by atomic mass is 32.2. The molecule has 100 valence electrons. The first kappa shape index (κ1) is 13.8. The van der Waals surface area contributed by atoms with E-state index in [0.717, 1.165) is 22.3 Å². The lowest BCUT2D eigenvalue weighted by molar-refractivity contribution is -0.117. The van der Waals surface area contributed by atoms with Crippen LogP contribution in [0.15, 0.2) is 36.5 Å². The lowest BCUT2D eigenvalue weighted by Gasteiger charge is -2.13. The number of fused-ring (bicyclic) bond motifs is 1. The number of anilines is 1. The Kier molecular flexibility index (Phi) is 4.76. The molecule has 1 atom stereocenters. The van der Waals surface area contributed by atoms with Crippen LogP contribution in [0.25, 0.3) is 10.9 Å². The van der Waals surface area contributed by atoms with Crippen molar-refractivity contribution in [1.29, 1.82) is 0 Å². The number of pyridine rings is 1. The third-order valence-electron chi connectivity index (χ3n) is 2.87. The molecule has 0 aliphatic carbocycles. The molecule has 1 aromatic carbocycles. The van der Waals surface area contributed by atoms with Gasteiger partial charge in [-0.05, 0) is 42.7 Å². The first-order valence-corrected chi connectivity index (χ1v) is 7.51. The molecule has 0 fully saturated rings. The molecule has 2 rings (SSSR count). The summed E-state index contributed by atoms with van der Waals surface area (Å²) in [6, 6.07) is 8.97. The Labute approximate surface area is 116 Å². The third-order valence-corrected chi connectivity index (χ3v) is 3.52. The highest BCUT2D eigenvalue weighted by molar-refractivity contribution is 7.98. The Morgan fingerprint density at radius 3 is 3.05 bits per heavy atom. The van der Waals surface area contributed by atoms with Crippen LogP contribution in [0.3, 0.4) is 0 Å². The maximum absolute atomic E-state index is 12.0. The molecular weight excluding hydrogens is 258 g/mol. The van der Waals surface area contributed by atoms with E-state index in [0.29, 0.717) is 6.42 Å². The summed E-state index contributed by atoms with van der Waals surface area (Å²) in [5.41, 5.74) is 7.47. The molecule has 5 heteroatoms. The molecule has 0 aliphatic heterocycles. The van der Waals surface area contributed by atoms with Gasteiger partial charge >= 0.3 is 0 Å². The van der Waals surface area contributed by atoms with Crippen molar-refractivity contribution in [2.75, 3.05) is 17.3 Å². The summed E-state index contributed by atoms with van der Waals surface area (Å²) in [4.78, 5) is 16.3. The molecule has 0 saturated heterocycles. The second-order valence-electron chi connectivity index (χ2n) is 4.25. The molecule has 1 aromatic heterocycles. The van der Waals surface area contributed by atoms with Gasteiger partial charge in [0.15, 0.2) is 0 Å². The minimum Gasteiger partial charge on any atom is -0.324 e. The summed E-state index contributed by atoms with van der Waals surface area (Å²) < 4.78 is 0. The fourth-order valence-corrected chi connectivity index (χ4v) is 2.30.